The lowest BCUT2D eigenvalue weighted by molar-refractivity contribution is -0.112. The Hall–Kier alpha value is -3.52. The zero-order chi connectivity index (χ0) is 16.2. The molecule has 0 saturated carbocycles. The van der Waals surface area contributed by atoms with Crippen LogP contribution in [0.3, 0.4) is 0 Å². The fourth-order valence-corrected chi connectivity index (χ4v) is 2.27. The van der Waals surface area contributed by atoms with Gasteiger partial charge in [0.15, 0.2) is 0 Å². The Balaban J connectivity index is 1.93. The van der Waals surface area contributed by atoms with Crippen LogP contribution in [-0.2, 0) is 4.79 Å². The normalized spacial score (nSPS) is 11.2. The Morgan fingerprint density at radius 3 is 2.74 bits per heavy atom. The SMILES string of the molecule is N#CC(=Cc1c[nH]c2ccc(O)cc12)C(=O)Nc1ccccc1. The highest BCUT2D eigenvalue weighted by Crippen LogP contribution is 2.24. The molecule has 5 heteroatoms. The quantitative estimate of drug-likeness (QED) is 0.511. The predicted octanol–water partition coefficient (Wildman–Crippen LogP) is 3.42. The minimum absolute atomic E-state index is 0.0157. The Labute approximate surface area is 132 Å². The summed E-state index contributed by atoms with van der Waals surface area (Å²) < 4.78 is 0. The summed E-state index contributed by atoms with van der Waals surface area (Å²) in [6.45, 7) is 0. The van der Waals surface area contributed by atoms with Crippen molar-refractivity contribution < 1.29 is 9.90 Å². The maximum atomic E-state index is 12.2. The van der Waals surface area contributed by atoms with Gasteiger partial charge in [0, 0.05) is 28.4 Å². The van der Waals surface area contributed by atoms with Crippen LogP contribution in [-0.4, -0.2) is 16.0 Å². The van der Waals surface area contributed by atoms with E-state index >= 15 is 0 Å². The van der Waals surface area contributed by atoms with Crippen molar-refractivity contribution in [1.29, 1.82) is 5.26 Å². The number of fused-ring (bicyclic) bond motifs is 1. The second-order valence-electron chi connectivity index (χ2n) is 4.96. The van der Waals surface area contributed by atoms with E-state index in [1.165, 1.54) is 6.08 Å². The maximum absolute atomic E-state index is 12.2. The van der Waals surface area contributed by atoms with Crippen molar-refractivity contribution in [3.05, 3.63) is 65.9 Å². The van der Waals surface area contributed by atoms with E-state index in [4.69, 9.17) is 0 Å². The van der Waals surface area contributed by atoms with E-state index in [9.17, 15) is 15.2 Å². The number of para-hydroxylation sites is 1. The number of carbonyl (C=O) groups excluding carboxylic acids is 1. The van der Waals surface area contributed by atoms with Gasteiger partial charge in [0.25, 0.3) is 5.91 Å². The number of aromatic hydroxyl groups is 1. The van der Waals surface area contributed by atoms with Crippen molar-refractivity contribution in [2.75, 3.05) is 5.32 Å². The van der Waals surface area contributed by atoms with Crippen molar-refractivity contribution in [1.82, 2.24) is 4.98 Å². The van der Waals surface area contributed by atoms with E-state index < -0.39 is 5.91 Å². The maximum Gasteiger partial charge on any atom is 0.266 e. The number of H-pyrrole nitrogens is 1. The highest BCUT2D eigenvalue weighted by atomic mass is 16.3. The smallest absolute Gasteiger partial charge is 0.266 e. The van der Waals surface area contributed by atoms with Crippen molar-refractivity contribution in [2.24, 2.45) is 0 Å². The van der Waals surface area contributed by atoms with Gasteiger partial charge >= 0.3 is 0 Å². The summed E-state index contributed by atoms with van der Waals surface area (Å²) >= 11 is 0. The number of nitriles is 1. The summed E-state index contributed by atoms with van der Waals surface area (Å²) in [4.78, 5) is 15.2. The molecule has 0 spiro atoms. The van der Waals surface area contributed by atoms with Gasteiger partial charge < -0.3 is 15.4 Å². The lowest BCUT2D eigenvalue weighted by atomic mass is 10.1. The van der Waals surface area contributed by atoms with Crippen LogP contribution in [0, 0.1) is 11.3 Å². The lowest BCUT2D eigenvalue weighted by Crippen LogP contribution is -2.13. The topological polar surface area (TPSA) is 88.9 Å². The minimum atomic E-state index is -0.479. The number of amides is 1. The number of hydrogen-bond acceptors (Lipinski definition) is 3. The van der Waals surface area contributed by atoms with Crippen LogP contribution in [0.4, 0.5) is 5.69 Å². The summed E-state index contributed by atoms with van der Waals surface area (Å²) in [5.41, 5.74) is 2.08. The minimum Gasteiger partial charge on any atom is -0.508 e. The van der Waals surface area contributed by atoms with E-state index in [-0.39, 0.29) is 11.3 Å². The summed E-state index contributed by atoms with van der Waals surface area (Å²) in [6, 6.07) is 15.7. The van der Waals surface area contributed by atoms with E-state index in [1.807, 2.05) is 12.1 Å². The fraction of sp³-hybridized carbons (Fsp3) is 0. The van der Waals surface area contributed by atoms with Crippen molar-refractivity contribution in [3.8, 4) is 11.8 Å². The number of hydrogen-bond donors (Lipinski definition) is 3. The first-order chi connectivity index (χ1) is 11.2. The van der Waals surface area contributed by atoms with Crippen molar-refractivity contribution in [2.45, 2.75) is 0 Å². The highest BCUT2D eigenvalue weighted by molar-refractivity contribution is 6.10. The molecule has 1 aromatic heterocycles. The molecule has 0 bridgehead atoms. The molecule has 0 saturated heterocycles. The number of rotatable bonds is 3. The van der Waals surface area contributed by atoms with Gasteiger partial charge in [-0.3, -0.25) is 4.79 Å². The van der Waals surface area contributed by atoms with Crippen LogP contribution in [0.15, 0.2) is 60.3 Å². The molecular weight excluding hydrogens is 290 g/mol. The van der Waals surface area contributed by atoms with Crippen LogP contribution < -0.4 is 5.32 Å². The number of anilines is 1. The third kappa shape index (κ3) is 3.06. The number of nitrogens with one attached hydrogen (secondary N) is 2. The average Bonchev–Trinajstić information content (AvgIpc) is 2.95. The number of benzene rings is 2. The molecular formula is C18H13N3O2. The molecule has 0 fully saturated rings. The number of aromatic nitrogens is 1. The number of aromatic amines is 1. The van der Waals surface area contributed by atoms with Gasteiger partial charge in [0.1, 0.15) is 17.4 Å². The molecule has 0 aliphatic rings. The van der Waals surface area contributed by atoms with Gasteiger partial charge in [0.05, 0.1) is 0 Å². The largest absolute Gasteiger partial charge is 0.508 e. The second kappa shape index (κ2) is 6.08. The van der Waals surface area contributed by atoms with Crippen LogP contribution in [0.25, 0.3) is 17.0 Å². The molecule has 23 heavy (non-hydrogen) atoms. The third-order valence-corrected chi connectivity index (χ3v) is 3.39. The Morgan fingerprint density at radius 1 is 1.22 bits per heavy atom. The molecule has 2 aromatic carbocycles. The monoisotopic (exact) mass is 303 g/mol. The first kappa shape index (κ1) is 14.4. The Bertz CT molecular complexity index is 934. The molecule has 0 aliphatic heterocycles. The zero-order valence-electron chi connectivity index (χ0n) is 12.1. The standard InChI is InChI=1S/C18H13N3O2/c19-10-12(18(23)21-14-4-2-1-3-5-14)8-13-11-20-17-7-6-15(22)9-16(13)17/h1-9,11,20,22H,(H,21,23). The Kier molecular flexibility index (Phi) is 3.81. The van der Waals surface area contributed by atoms with Crippen LogP contribution in [0.1, 0.15) is 5.56 Å². The molecule has 1 amide bonds. The van der Waals surface area contributed by atoms with Gasteiger partial charge in [0.2, 0.25) is 0 Å². The first-order valence-corrected chi connectivity index (χ1v) is 6.95. The van der Waals surface area contributed by atoms with Gasteiger partial charge in [-0.25, -0.2) is 0 Å². The molecule has 112 valence electrons. The molecule has 0 atom stereocenters. The van der Waals surface area contributed by atoms with E-state index in [0.29, 0.717) is 11.3 Å². The van der Waals surface area contributed by atoms with Gasteiger partial charge in [-0.1, -0.05) is 18.2 Å². The number of phenols is 1. The molecule has 5 nitrogen and oxygen atoms in total. The molecule has 0 unspecified atom stereocenters. The number of phenolic OH excluding ortho intramolecular Hbond substituents is 1. The molecule has 3 N–H and O–H groups in total. The van der Waals surface area contributed by atoms with Crippen molar-refractivity contribution in [3.63, 3.8) is 0 Å². The average molecular weight is 303 g/mol. The van der Waals surface area contributed by atoms with Gasteiger partial charge in [-0.2, -0.15) is 5.26 Å². The summed E-state index contributed by atoms with van der Waals surface area (Å²) in [7, 11) is 0. The predicted molar refractivity (Wildman–Crippen MR) is 88.6 cm³/mol. The molecule has 3 aromatic rings. The first-order valence-electron chi connectivity index (χ1n) is 6.95. The summed E-state index contributed by atoms with van der Waals surface area (Å²) in [5, 5.41) is 22.3. The zero-order valence-corrected chi connectivity index (χ0v) is 12.1. The molecule has 0 aliphatic carbocycles. The molecule has 1 heterocycles. The van der Waals surface area contributed by atoms with Crippen LogP contribution >= 0.6 is 0 Å². The Morgan fingerprint density at radius 2 is 2.00 bits per heavy atom. The van der Waals surface area contributed by atoms with E-state index in [2.05, 4.69) is 10.3 Å². The molecule has 3 rings (SSSR count). The molecule has 0 radical (unpaired) electrons. The van der Waals surface area contributed by atoms with Crippen molar-refractivity contribution >= 4 is 28.6 Å². The highest BCUT2D eigenvalue weighted by Gasteiger charge is 2.11. The van der Waals surface area contributed by atoms with Gasteiger partial charge in [-0.05, 0) is 36.4 Å². The number of carbonyl (C=O) groups is 1. The van der Waals surface area contributed by atoms with Crippen LogP contribution in [0.5, 0.6) is 5.75 Å². The second-order valence-corrected chi connectivity index (χ2v) is 4.96. The summed E-state index contributed by atoms with van der Waals surface area (Å²) in [5.74, 6) is -0.354. The van der Waals surface area contributed by atoms with E-state index in [1.54, 1.807) is 48.7 Å². The lowest BCUT2D eigenvalue weighted by Gasteiger charge is -2.03. The van der Waals surface area contributed by atoms with Crippen LogP contribution in [0.2, 0.25) is 0 Å². The number of nitrogens with zero attached hydrogens (tertiary/aromatic N) is 1. The fourth-order valence-electron chi connectivity index (χ4n) is 2.27. The summed E-state index contributed by atoms with van der Waals surface area (Å²) in [6.07, 6.45) is 3.19. The third-order valence-electron chi connectivity index (χ3n) is 3.39. The van der Waals surface area contributed by atoms with E-state index in [0.717, 1.165) is 10.9 Å². The van der Waals surface area contributed by atoms with Gasteiger partial charge in [-0.15, -0.1) is 0 Å².